The Kier molecular flexibility index (Phi) is 9.17. The largest absolute Gasteiger partial charge is 0.0653 e. The van der Waals surface area contributed by atoms with Crippen molar-refractivity contribution < 1.29 is 0 Å². The normalized spacial score (nSPS) is 22.5. The Hall–Kier alpha value is -6.24. The average molecular weight is 801 g/mol. The molecule has 3 aliphatic rings. The summed E-state index contributed by atoms with van der Waals surface area (Å²) < 4.78 is 0. The molecule has 0 N–H and O–H groups in total. The van der Waals surface area contributed by atoms with Gasteiger partial charge in [0.05, 0.1) is 0 Å². The highest BCUT2D eigenvalue weighted by Gasteiger charge is 2.82. The summed E-state index contributed by atoms with van der Waals surface area (Å²) in [6, 6.07) is 74.3. The molecule has 0 radical (unpaired) electrons. The third-order valence-corrected chi connectivity index (χ3v) is 16.0. The predicted molar refractivity (Wildman–Crippen MR) is 262 cm³/mol. The average Bonchev–Trinajstić information content (AvgIpc) is 3.74. The fraction of sp³-hybridized carbons (Fsp3) is 0.226. The van der Waals surface area contributed by atoms with E-state index in [1.807, 2.05) is 0 Å². The van der Waals surface area contributed by atoms with Crippen molar-refractivity contribution in [2.75, 3.05) is 0 Å². The lowest BCUT2D eigenvalue weighted by atomic mass is 9.48. The molecule has 0 amide bonds. The molecule has 62 heavy (non-hydrogen) atoms. The molecule has 0 bridgehead atoms. The highest BCUT2D eigenvalue weighted by Crippen LogP contribution is 2.85. The van der Waals surface area contributed by atoms with Gasteiger partial charge in [-0.3, -0.25) is 0 Å². The van der Waals surface area contributed by atoms with Crippen LogP contribution in [-0.2, 0) is 16.2 Å². The number of hydrogen-bond acceptors (Lipinski definition) is 0. The highest BCUT2D eigenvalue weighted by molar-refractivity contribution is 6.07. The van der Waals surface area contributed by atoms with Crippen LogP contribution in [0.15, 0.2) is 194 Å². The molecule has 0 saturated heterocycles. The van der Waals surface area contributed by atoms with Crippen LogP contribution < -0.4 is 0 Å². The van der Waals surface area contributed by atoms with Crippen LogP contribution in [0, 0.1) is 5.41 Å². The van der Waals surface area contributed by atoms with Gasteiger partial charge in [-0.2, -0.15) is 0 Å². The highest BCUT2D eigenvalue weighted by atomic mass is 14.8. The Labute approximate surface area is 369 Å². The van der Waals surface area contributed by atoms with Crippen LogP contribution in [0.25, 0.3) is 55.6 Å². The van der Waals surface area contributed by atoms with E-state index in [0.29, 0.717) is 0 Å². The summed E-state index contributed by atoms with van der Waals surface area (Å²) in [6.07, 6.45) is 6.79. The zero-order chi connectivity index (χ0) is 42.1. The van der Waals surface area contributed by atoms with E-state index in [1.165, 1.54) is 55.6 Å². The molecular weight excluding hydrogens is 745 g/mol. The monoisotopic (exact) mass is 800 g/mol. The van der Waals surface area contributed by atoms with Crippen molar-refractivity contribution in [3.8, 4) is 55.6 Å². The minimum absolute atomic E-state index is 0.0901. The molecule has 0 aromatic heterocycles. The molecule has 8 aromatic carbocycles. The standard InChI is InChI=1S/C62H56/c1-5-38-60-50-32-20-21-33-51(50)61(39-6-2)54-37-36-47(41-55(54)62(40-7-3,59(60,61)4)53-35-23-22-34-52(53)60)49-42-48(43-24-12-8-13-25-43)56(44-26-14-9-15-27-44)58(46-30-18-11-19-31-46)57(49)45-28-16-10-17-29-45/h8-37,41-42H,5-7,38-40H2,1-4H3/t59-,60+,61-,62+/m0/s1. The SMILES string of the molecule is CCC[C@@]12c3ccccc3[C@@]3(CCC)c4ccc(-c5cc(-c6ccccc6)c(-c6ccccc6)c(-c6ccccc6)c5-c5ccccc5)cc4[C@@](CCC)(c4ccccc41)[C@@]23C. The molecule has 304 valence electrons. The van der Waals surface area contributed by atoms with Gasteiger partial charge < -0.3 is 0 Å². The van der Waals surface area contributed by atoms with E-state index in [-0.39, 0.29) is 21.7 Å². The summed E-state index contributed by atoms with van der Waals surface area (Å²) in [7, 11) is 0. The molecule has 0 aliphatic heterocycles. The first-order valence-corrected chi connectivity index (χ1v) is 23.3. The van der Waals surface area contributed by atoms with Crippen molar-refractivity contribution >= 4 is 0 Å². The van der Waals surface area contributed by atoms with Crippen LogP contribution in [0.1, 0.15) is 99.6 Å². The van der Waals surface area contributed by atoms with Crippen LogP contribution in [0.3, 0.4) is 0 Å². The lowest BCUT2D eigenvalue weighted by Gasteiger charge is -2.53. The summed E-state index contributed by atoms with van der Waals surface area (Å²) in [5.74, 6) is 0. The summed E-state index contributed by atoms with van der Waals surface area (Å²) in [5, 5.41) is 0. The van der Waals surface area contributed by atoms with Gasteiger partial charge in [-0.05, 0) is 120 Å². The number of benzene rings is 8. The molecule has 0 unspecified atom stereocenters. The Balaban J connectivity index is 1.31. The molecule has 0 saturated carbocycles. The second-order valence-corrected chi connectivity index (χ2v) is 18.5. The third-order valence-electron chi connectivity index (χ3n) is 16.0. The van der Waals surface area contributed by atoms with E-state index in [1.54, 1.807) is 33.4 Å². The van der Waals surface area contributed by atoms with Gasteiger partial charge >= 0.3 is 0 Å². The second kappa shape index (κ2) is 14.7. The van der Waals surface area contributed by atoms with Crippen LogP contribution in [0.2, 0.25) is 0 Å². The number of fused-ring (bicyclic) bond motifs is 9. The van der Waals surface area contributed by atoms with E-state index in [4.69, 9.17) is 0 Å². The van der Waals surface area contributed by atoms with Crippen molar-refractivity contribution in [1.29, 1.82) is 0 Å². The lowest BCUT2D eigenvalue weighted by Crippen LogP contribution is -2.54. The molecule has 0 nitrogen and oxygen atoms in total. The maximum atomic E-state index is 2.76. The van der Waals surface area contributed by atoms with Crippen molar-refractivity contribution in [1.82, 2.24) is 0 Å². The van der Waals surface area contributed by atoms with E-state index in [2.05, 4.69) is 222 Å². The van der Waals surface area contributed by atoms with Gasteiger partial charge in [-0.1, -0.05) is 229 Å². The quantitative estimate of drug-likeness (QED) is 0.122. The van der Waals surface area contributed by atoms with Gasteiger partial charge in [0.25, 0.3) is 0 Å². The molecule has 11 rings (SSSR count). The van der Waals surface area contributed by atoms with E-state index >= 15 is 0 Å². The van der Waals surface area contributed by atoms with E-state index in [9.17, 15) is 0 Å². The van der Waals surface area contributed by atoms with Gasteiger partial charge in [0.1, 0.15) is 0 Å². The summed E-state index contributed by atoms with van der Waals surface area (Å²) in [6.45, 7) is 10.0. The predicted octanol–water partition coefficient (Wildman–Crippen LogP) is 16.6. The van der Waals surface area contributed by atoms with Crippen LogP contribution in [0.4, 0.5) is 0 Å². The van der Waals surface area contributed by atoms with Gasteiger partial charge in [0.15, 0.2) is 0 Å². The van der Waals surface area contributed by atoms with Crippen molar-refractivity contribution in [2.45, 2.75) is 82.5 Å². The molecule has 0 fully saturated rings. The van der Waals surface area contributed by atoms with Crippen molar-refractivity contribution in [3.05, 3.63) is 228 Å². The van der Waals surface area contributed by atoms with Crippen LogP contribution in [-0.4, -0.2) is 0 Å². The second-order valence-electron chi connectivity index (χ2n) is 18.5. The lowest BCUT2D eigenvalue weighted by molar-refractivity contribution is 0.0540. The molecular formula is C62H56. The fourth-order valence-electron chi connectivity index (χ4n) is 14.2. The third kappa shape index (κ3) is 4.84. The molecule has 0 spiro atoms. The maximum Gasteiger partial charge on any atom is 0.0286 e. The zero-order valence-electron chi connectivity index (χ0n) is 36.7. The first-order valence-electron chi connectivity index (χ1n) is 23.3. The summed E-state index contributed by atoms with van der Waals surface area (Å²) >= 11 is 0. The van der Waals surface area contributed by atoms with Crippen molar-refractivity contribution in [3.63, 3.8) is 0 Å². The number of rotatable bonds is 11. The van der Waals surface area contributed by atoms with Gasteiger partial charge in [-0.25, -0.2) is 0 Å². The van der Waals surface area contributed by atoms with Gasteiger partial charge in [0, 0.05) is 21.7 Å². The van der Waals surface area contributed by atoms with Gasteiger partial charge in [0.2, 0.25) is 0 Å². The Morgan fingerprint density at radius 3 is 1.02 bits per heavy atom. The smallest absolute Gasteiger partial charge is 0.0286 e. The minimum atomic E-state index is -0.172. The van der Waals surface area contributed by atoms with Crippen molar-refractivity contribution in [2.24, 2.45) is 5.41 Å². The number of hydrogen-bond donors (Lipinski definition) is 0. The van der Waals surface area contributed by atoms with E-state index < -0.39 is 0 Å². The Morgan fingerprint density at radius 1 is 0.290 bits per heavy atom. The summed E-state index contributed by atoms with van der Waals surface area (Å²) in [4.78, 5) is 0. The first-order chi connectivity index (χ1) is 30.5. The molecule has 4 atom stereocenters. The molecule has 0 heteroatoms. The Bertz CT molecular complexity index is 2940. The minimum Gasteiger partial charge on any atom is -0.0653 e. The first kappa shape index (κ1) is 38.7. The van der Waals surface area contributed by atoms with Crippen LogP contribution >= 0.6 is 0 Å². The molecule has 8 aromatic rings. The fourth-order valence-corrected chi connectivity index (χ4v) is 14.2. The van der Waals surface area contributed by atoms with E-state index in [0.717, 1.165) is 38.5 Å². The van der Waals surface area contributed by atoms with Gasteiger partial charge in [-0.15, -0.1) is 0 Å². The zero-order valence-corrected chi connectivity index (χ0v) is 36.7. The topological polar surface area (TPSA) is 0 Å². The maximum absolute atomic E-state index is 2.76. The molecule has 0 heterocycles. The summed E-state index contributed by atoms with van der Waals surface area (Å²) in [5.41, 5.74) is 21.5. The molecule has 3 aliphatic carbocycles. The van der Waals surface area contributed by atoms with Crippen LogP contribution in [0.5, 0.6) is 0 Å². The Morgan fingerprint density at radius 2 is 0.613 bits per heavy atom.